The number of phosphoric acid groups is 2. The molecule has 0 saturated carbocycles. The van der Waals surface area contributed by atoms with Gasteiger partial charge in [-0.1, -0.05) is 285 Å². The van der Waals surface area contributed by atoms with E-state index in [4.69, 9.17) is 37.0 Å². The average Bonchev–Trinajstić information content (AvgIpc) is 0.886. The van der Waals surface area contributed by atoms with Crippen LogP contribution in [0.25, 0.3) is 0 Å². The molecule has 0 aromatic heterocycles. The van der Waals surface area contributed by atoms with Crippen LogP contribution in [0, 0.1) is 0 Å². The maximum Gasteiger partial charge on any atom is 0.472 e. The first-order chi connectivity index (χ1) is 52.7. The maximum absolute atomic E-state index is 13.1. The highest BCUT2D eigenvalue weighted by Crippen LogP contribution is 2.45. The Morgan fingerprint density at radius 1 is 0.269 bits per heavy atom. The summed E-state index contributed by atoms with van der Waals surface area (Å²) in [6.45, 7) is 4.22. The monoisotopic (exact) mass is 1540 g/mol. The summed E-state index contributed by atoms with van der Waals surface area (Å²) in [4.78, 5) is 73.0. The maximum atomic E-state index is 13.1. The number of aliphatic hydroxyl groups is 1. The Morgan fingerprint density at radius 2 is 0.509 bits per heavy atom. The summed E-state index contributed by atoms with van der Waals surface area (Å²) in [6.07, 6.45) is 99.6. The van der Waals surface area contributed by atoms with Gasteiger partial charge in [0, 0.05) is 25.7 Å². The predicted molar refractivity (Wildman–Crippen MR) is 445 cm³/mol. The molecule has 108 heavy (non-hydrogen) atoms. The van der Waals surface area contributed by atoms with Crippen LogP contribution in [0.2, 0.25) is 0 Å². The lowest BCUT2D eigenvalue weighted by molar-refractivity contribution is -0.161. The molecule has 19 heteroatoms. The first kappa shape index (κ1) is 101. The van der Waals surface area contributed by atoms with Crippen molar-refractivity contribution in [3.63, 3.8) is 0 Å². The minimum absolute atomic E-state index is 0.0109. The number of ether oxygens (including phenoxy) is 4. The van der Waals surface area contributed by atoms with Gasteiger partial charge in [0.1, 0.15) is 19.3 Å². The van der Waals surface area contributed by atoms with Crippen LogP contribution in [0.5, 0.6) is 0 Å². The number of phosphoric ester groups is 2. The van der Waals surface area contributed by atoms with E-state index in [9.17, 15) is 43.2 Å². The zero-order valence-electron chi connectivity index (χ0n) is 66.2. The summed E-state index contributed by atoms with van der Waals surface area (Å²) in [5.41, 5.74) is 0. The number of aliphatic hydroxyl groups excluding tert-OH is 1. The zero-order chi connectivity index (χ0) is 78.9. The van der Waals surface area contributed by atoms with Gasteiger partial charge >= 0.3 is 39.5 Å². The number of esters is 4. The lowest BCUT2D eigenvalue weighted by atomic mass is 10.1. The fraction of sp³-hybridized carbons (Fsp3) is 0.551. The molecule has 606 valence electrons. The van der Waals surface area contributed by atoms with Crippen molar-refractivity contribution in [1.82, 2.24) is 0 Å². The highest BCUT2D eigenvalue weighted by atomic mass is 31.2. The molecular formula is C89H138O17P2. The van der Waals surface area contributed by atoms with E-state index >= 15 is 0 Å². The van der Waals surface area contributed by atoms with Crippen LogP contribution in [0.3, 0.4) is 0 Å². The third-order valence-corrected chi connectivity index (χ3v) is 17.3. The third-order valence-electron chi connectivity index (χ3n) is 15.4. The molecule has 0 aliphatic heterocycles. The van der Waals surface area contributed by atoms with Crippen molar-refractivity contribution in [1.29, 1.82) is 0 Å². The Kier molecular flexibility index (Phi) is 73.7. The van der Waals surface area contributed by atoms with Gasteiger partial charge in [-0.3, -0.25) is 37.3 Å². The van der Waals surface area contributed by atoms with E-state index in [2.05, 4.69) is 198 Å². The third kappa shape index (κ3) is 77.5. The van der Waals surface area contributed by atoms with E-state index in [0.29, 0.717) is 44.9 Å². The predicted octanol–water partition coefficient (Wildman–Crippen LogP) is 23.7. The second kappa shape index (κ2) is 78.5. The van der Waals surface area contributed by atoms with Gasteiger partial charge < -0.3 is 33.8 Å². The smallest absolute Gasteiger partial charge is 0.462 e. The molecule has 0 radical (unpaired) electrons. The molecule has 5 unspecified atom stereocenters. The Bertz CT molecular complexity index is 2910. The van der Waals surface area contributed by atoms with Gasteiger partial charge in [0.15, 0.2) is 12.2 Å². The Labute approximate surface area is 651 Å². The molecule has 0 aromatic rings. The standard InChI is InChI=1S/C89H138O17P2/c1-5-9-13-17-21-25-29-33-36-39-41-44-46-50-53-57-61-65-69-73-86(91)99-79-84(105-88(93)75-71-67-63-59-55-49-32-28-24-20-16-12-8-4)81-103-107(95,96)101-77-83(90)78-102-108(97,98)104-82-85(106-89(94)76-72-68-64-60-56-52-48-43-38-35-31-27-23-19-15-11-7-3)80-100-87(92)74-70-66-62-58-54-51-47-45-42-40-37-34-30-26-22-18-14-10-6-2/h9-11,13-15,21-23,25-28,32-38,41-42,44-45,48,50-54,60-62,64-66,83-85,90H,5-8,12,16-20,24,29-31,39-40,43,46-47,49,55-59,63,67-82H2,1-4H3,(H,95,96)(H,97,98)/b13-9-,14-10-,15-11-,25-21-,26-22-,27-23-,32-28-,36-33-,37-34-,38-35-,44-41-,45-42-,52-48-,53-50-,54-51-,64-60-,65-61-,66-62-. The van der Waals surface area contributed by atoms with E-state index in [1.54, 1.807) is 0 Å². The summed E-state index contributed by atoms with van der Waals surface area (Å²) in [5, 5.41) is 10.6. The van der Waals surface area contributed by atoms with Crippen LogP contribution < -0.4 is 0 Å². The van der Waals surface area contributed by atoms with E-state index in [-0.39, 0.29) is 25.7 Å². The van der Waals surface area contributed by atoms with E-state index in [1.165, 1.54) is 25.7 Å². The fourth-order valence-corrected chi connectivity index (χ4v) is 11.1. The normalized spacial score (nSPS) is 15.0. The van der Waals surface area contributed by atoms with Gasteiger partial charge in [-0.2, -0.15) is 0 Å². The quantitative estimate of drug-likeness (QED) is 0.0169. The molecule has 3 N–H and O–H groups in total. The fourth-order valence-electron chi connectivity index (χ4n) is 9.48. The molecule has 5 atom stereocenters. The minimum atomic E-state index is -5.03. The van der Waals surface area contributed by atoms with Crippen LogP contribution in [-0.4, -0.2) is 96.7 Å². The van der Waals surface area contributed by atoms with Gasteiger partial charge in [-0.25, -0.2) is 9.13 Å². The van der Waals surface area contributed by atoms with Gasteiger partial charge in [-0.15, -0.1) is 0 Å². The molecule has 0 saturated heterocycles. The first-order valence-corrected chi connectivity index (χ1v) is 43.0. The zero-order valence-corrected chi connectivity index (χ0v) is 68.0. The van der Waals surface area contributed by atoms with Gasteiger partial charge in [-0.05, 0) is 167 Å². The molecule has 0 amide bonds. The van der Waals surface area contributed by atoms with Crippen molar-refractivity contribution in [2.45, 2.75) is 277 Å². The van der Waals surface area contributed by atoms with Crippen molar-refractivity contribution in [3.05, 3.63) is 219 Å². The summed E-state index contributed by atoms with van der Waals surface area (Å²) in [5.74, 6) is -2.48. The van der Waals surface area contributed by atoms with Crippen molar-refractivity contribution in [2.24, 2.45) is 0 Å². The van der Waals surface area contributed by atoms with Crippen LogP contribution >= 0.6 is 15.6 Å². The highest BCUT2D eigenvalue weighted by molar-refractivity contribution is 7.47. The average molecular weight is 1540 g/mol. The summed E-state index contributed by atoms with van der Waals surface area (Å²) >= 11 is 0. The molecule has 0 aliphatic rings. The second-order valence-electron chi connectivity index (χ2n) is 25.5. The summed E-state index contributed by atoms with van der Waals surface area (Å²) in [6, 6.07) is 0. The van der Waals surface area contributed by atoms with Gasteiger partial charge in [0.05, 0.1) is 26.4 Å². The molecule has 0 fully saturated rings. The number of carbonyl (C=O) groups is 4. The van der Waals surface area contributed by atoms with Crippen molar-refractivity contribution < 1.29 is 80.2 Å². The van der Waals surface area contributed by atoms with Gasteiger partial charge in [0.25, 0.3) is 0 Å². The summed E-state index contributed by atoms with van der Waals surface area (Å²) in [7, 11) is -10.0. The number of allylic oxidation sites excluding steroid dienone is 36. The van der Waals surface area contributed by atoms with E-state index in [1.807, 2.05) is 48.6 Å². The molecule has 0 aliphatic carbocycles. The number of carbonyl (C=O) groups excluding carboxylic acids is 4. The Hall–Kier alpha value is -6.62. The number of unbranched alkanes of at least 4 members (excludes halogenated alkanes) is 10. The molecule has 0 bridgehead atoms. The molecular weight excluding hydrogens is 1400 g/mol. The van der Waals surface area contributed by atoms with Gasteiger partial charge in [0.2, 0.25) is 0 Å². The van der Waals surface area contributed by atoms with Crippen molar-refractivity contribution >= 4 is 39.5 Å². The van der Waals surface area contributed by atoms with Crippen LogP contribution in [0.4, 0.5) is 0 Å². The molecule has 17 nitrogen and oxygen atoms in total. The van der Waals surface area contributed by atoms with Crippen LogP contribution in [0.15, 0.2) is 219 Å². The lowest BCUT2D eigenvalue weighted by Gasteiger charge is -2.21. The molecule has 0 spiro atoms. The molecule has 0 heterocycles. The number of hydrogen-bond acceptors (Lipinski definition) is 15. The largest absolute Gasteiger partial charge is 0.472 e. The lowest BCUT2D eigenvalue weighted by Crippen LogP contribution is -2.30. The van der Waals surface area contributed by atoms with E-state index < -0.39 is 97.5 Å². The SMILES string of the molecule is CC/C=C\C/C=C\C/C=C\C/C=C\C/C=C\C/C=C\CCC(=O)OCC(COP(=O)(O)OCC(O)COP(=O)(O)OCC(COC(=O)CC/C=C\C/C=C\C/C=C\C/C=C\C/C=C\C/C=C\CC)OC(=O)CCCCCCC/C=C\CCCCCC)OC(=O)CCC/C=C\C/C=C\C/C=C\C/C=C\C/C=C\CC. The van der Waals surface area contributed by atoms with Crippen molar-refractivity contribution in [2.75, 3.05) is 39.6 Å². The molecule has 0 rings (SSSR count). The summed E-state index contributed by atoms with van der Waals surface area (Å²) < 4.78 is 68.4. The topological polar surface area (TPSA) is 237 Å². The number of hydrogen-bond donors (Lipinski definition) is 3. The minimum Gasteiger partial charge on any atom is -0.462 e. The first-order valence-electron chi connectivity index (χ1n) is 40.0. The van der Waals surface area contributed by atoms with E-state index in [0.717, 1.165) is 135 Å². The number of rotatable bonds is 72. The van der Waals surface area contributed by atoms with Crippen molar-refractivity contribution in [3.8, 4) is 0 Å². The Morgan fingerprint density at radius 3 is 0.824 bits per heavy atom. The molecule has 0 aromatic carbocycles. The van der Waals surface area contributed by atoms with Crippen LogP contribution in [0.1, 0.15) is 259 Å². The highest BCUT2D eigenvalue weighted by Gasteiger charge is 2.30. The second-order valence-corrected chi connectivity index (χ2v) is 28.4. The Balaban J connectivity index is 5.57. The van der Waals surface area contributed by atoms with Crippen LogP contribution in [-0.2, 0) is 65.4 Å².